The van der Waals surface area contributed by atoms with Gasteiger partial charge in [-0.15, -0.1) is 0 Å². The Balaban J connectivity index is 1.76. The molecule has 0 saturated carbocycles. The number of likely N-dealkylation sites (N-methyl/N-ethyl adjacent to an activating group) is 1. The maximum Gasteiger partial charge on any atom is 0.337 e. The van der Waals surface area contributed by atoms with Crippen LogP contribution in [0.2, 0.25) is 0 Å². The number of carbonyl (C=O) groups is 2. The van der Waals surface area contributed by atoms with Crippen LogP contribution in [-0.2, 0) is 11.2 Å². The topological polar surface area (TPSA) is 122 Å². The molecule has 1 aliphatic heterocycles. The van der Waals surface area contributed by atoms with Crippen LogP contribution in [0.25, 0.3) is 11.3 Å². The Morgan fingerprint density at radius 1 is 1.22 bits per heavy atom. The first-order valence-electron chi connectivity index (χ1n) is 12.1. The van der Waals surface area contributed by atoms with Crippen molar-refractivity contribution in [3.05, 3.63) is 71.0 Å². The first kappa shape index (κ1) is 25.8. The first-order valence-corrected chi connectivity index (χ1v) is 12.1. The highest BCUT2D eigenvalue weighted by molar-refractivity contribution is 5.94. The molecule has 0 saturated heterocycles. The lowest BCUT2D eigenvalue weighted by molar-refractivity contribution is -0.117. The Morgan fingerprint density at radius 2 is 2.00 bits per heavy atom. The molecule has 4 rings (SSSR count). The van der Waals surface area contributed by atoms with Crippen LogP contribution in [0.4, 0.5) is 11.5 Å². The van der Waals surface area contributed by atoms with Gasteiger partial charge in [-0.05, 0) is 69.4 Å². The van der Waals surface area contributed by atoms with Gasteiger partial charge in [0.25, 0.3) is 0 Å². The Labute approximate surface area is 216 Å². The predicted molar refractivity (Wildman–Crippen MR) is 141 cm³/mol. The molecule has 0 fully saturated rings. The van der Waals surface area contributed by atoms with Crippen LogP contribution in [0.15, 0.2) is 48.7 Å². The first-order chi connectivity index (χ1) is 17.7. The van der Waals surface area contributed by atoms with Crippen molar-refractivity contribution >= 4 is 23.4 Å². The van der Waals surface area contributed by atoms with Crippen molar-refractivity contribution in [3.8, 4) is 17.3 Å². The molecular weight excluding hydrogens is 468 g/mol. The lowest BCUT2D eigenvalue weighted by atomic mass is 9.89. The van der Waals surface area contributed by atoms with Crippen LogP contribution < -0.4 is 10.2 Å². The standard InChI is InChI=1S/C28H30N6O3/c1-17-13-25(32-27-10-5-19(15-29)16-30-27)22-14-20(6-9-26(22)34(17)18(2)35)23-8-7-21(28(36)37)24(31-23)11-12-33(3)4/h5-10,14,16-17,25H,11-13H2,1-4H3,(H,30,32)(H,36,37)/t17-,25-/m1/s1. The summed E-state index contributed by atoms with van der Waals surface area (Å²) in [5.41, 5.74) is 4.46. The van der Waals surface area contributed by atoms with E-state index in [0.717, 1.165) is 16.8 Å². The van der Waals surface area contributed by atoms with E-state index in [1.165, 1.54) is 6.20 Å². The largest absolute Gasteiger partial charge is 0.478 e. The van der Waals surface area contributed by atoms with Crippen LogP contribution in [0.3, 0.4) is 0 Å². The van der Waals surface area contributed by atoms with Crippen LogP contribution in [0, 0.1) is 11.3 Å². The zero-order valence-electron chi connectivity index (χ0n) is 21.4. The molecule has 9 nitrogen and oxygen atoms in total. The van der Waals surface area contributed by atoms with Gasteiger partial charge in [-0.1, -0.05) is 6.07 Å². The van der Waals surface area contributed by atoms with Crippen LogP contribution in [0.5, 0.6) is 0 Å². The summed E-state index contributed by atoms with van der Waals surface area (Å²) in [6.07, 6.45) is 2.70. The zero-order valence-corrected chi connectivity index (χ0v) is 21.4. The molecule has 0 radical (unpaired) electrons. The van der Waals surface area contributed by atoms with Crippen molar-refractivity contribution in [2.24, 2.45) is 0 Å². The predicted octanol–water partition coefficient (Wildman–Crippen LogP) is 4.12. The van der Waals surface area contributed by atoms with Crippen LogP contribution >= 0.6 is 0 Å². The Hall–Kier alpha value is -4.29. The Morgan fingerprint density at radius 3 is 2.62 bits per heavy atom. The van der Waals surface area contributed by atoms with Gasteiger partial charge in [0.1, 0.15) is 11.9 Å². The number of rotatable bonds is 7. The van der Waals surface area contributed by atoms with E-state index < -0.39 is 5.97 Å². The van der Waals surface area contributed by atoms with Crippen LogP contribution in [0.1, 0.15) is 53.5 Å². The maximum absolute atomic E-state index is 12.5. The molecule has 9 heteroatoms. The fourth-order valence-electron chi connectivity index (χ4n) is 4.74. The van der Waals surface area contributed by atoms with Crippen molar-refractivity contribution in [2.45, 2.75) is 38.8 Å². The number of carbonyl (C=O) groups excluding carboxylic acids is 1. The average molecular weight is 499 g/mol. The van der Waals surface area contributed by atoms with E-state index in [1.807, 2.05) is 44.1 Å². The number of hydrogen-bond donors (Lipinski definition) is 2. The van der Waals surface area contributed by atoms with E-state index in [-0.39, 0.29) is 23.6 Å². The average Bonchev–Trinajstić information content (AvgIpc) is 2.87. The molecule has 190 valence electrons. The summed E-state index contributed by atoms with van der Waals surface area (Å²) in [6, 6.07) is 14.6. The molecule has 2 N–H and O–H groups in total. The molecule has 0 spiro atoms. The zero-order chi connectivity index (χ0) is 26.7. The van der Waals surface area contributed by atoms with Gasteiger partial charge in [0.2, 0.25) is 5.91 Å². The fraction of sp³-hybridized carbons (Fsp3) is 0.321. The van der Waals surface area contributed by atoms with Crippen molar-refractivity contribution in [2.75, 3.05) is 30.9 Å². The quantitative estimate of drug-likeness (QED) is 0.499. The third-order valence-electron chi connectivity index (χ3n) is 6.53. The SMILES string of the molecule is CC(=O)N1c2ccc(-c3ccc(C(=O)O)c(CCN(C)C)n3)cc2[C@H](Nc2ccc(C#N)cn2)C[C@H]1C. The summed E-state index contributed by atoms with van der Waals surface area (Å²) in [5, 5.41) is 22.2. The number of nitriles is 1. The lowest BCUT2D eigenvalue weighted by Gasteiger charge is -2.39. The van der Waals surface area contributed by atoms with Gasteiger partial charge in [-0.25, -0.2) is 9.78 Å². The second kappa shape index (κ2) is 10.8. The summed E-state index contributed by atoms with van der Waals surface area (Å²) in [7, 11) is 3.87. The Kier molecular flexibility index (Phi) is 7.50. The number of pyridine rings is 2. The highest BCUT2D eigenvalue weighted by atomic mass is 16.4. The Bertz CT molecular complexity index is 1360. The molecule has 2 aromatic heterocycles. The van der Waals surface area contributed by atoms with Crippen molar-refractivity contribution in [1.82, 2.24) is 14.9 Å². The van der Waals surface area contributed by atoms with E-state index in [9.17, 15) is 14.7 Å². The number of carboxylic acid groups (broad SMARTS) is 1. The van der Waals surface area contributed by atoms with E-state index in [4.69, 9.17) is 10.2 Å². The van der Waals surface area contributed by atoms with Gasteiger partial charge in [0.15, 0.2) is 0 Å². The normalized spacial score (nSPS) is 16.7. The smallest absolute Gasteiger partial charge is 0.337 e. The van der Waals surface area contributed by atoms with E-state index in [2.05, 4.69) is 16.4 Å². The molecular formula is C28H30N6O3. The molecule has 1 aliphatic rings. The second-order valence-electron chi connectivity index (χ2n) is 9.54. The highest BCUT2D eigenvalue weighted by Gasteiger charge is 2.33. The summed E-state index contributed by atoms with van der Waals surface area (Å²) in [5.74, 6) is -0.395. The minimum absolute atomic E-state index is 0.0302. The molecule has 37 heavy (non-hydrogen) atoms. The number of aromatic nitrogens is 2. The highest BCUT2D eigenvalue weighted by Crippen LogP contribution is 2.41. The molecule has 3 heterocycles. The van der Waals surface area contributed by atoms with Gasteiger partial charge in [-0.3, -0.25) is 9.78 Å². The van der Waals surface area contributed by atoms with E-state index >= 15 is 0 Å². The lowest BCUT2D eigenvalue weighted by Crippen LogP contribution is -2.43. The third-order valence-corrected chi connectivity index (χ3v) is 6.53. The van der Waals surface area contributed by atoms with E-state index in [0.29, 0.717) is 42.2 Å². The number of benzene rings is 1. The third kappa shape index (κ3) is 5.60. The molecule has 3 aromatic rings. The van der Waals surface area contributed by atoms with Gasteiger partial charge < -0.3 is 20.2 Å². The summed E-state index contributed by atoms with van der Waals surface area (Å²) >= 11 is 0. The molecule has 0 bridgehead atoms. The molecule has 0 unspecified atom stereocenters. The number of fused-ring (bicyclic) bond motifs is 1. The maximum atomic E-state index is 12.5. The number of hydrogen-bond acceptors (Lipinski definition) is 7. The van der Waals surface area contributed by atoms with Gasteiger partial charge >= 0.3 is 5.97 Å². The summed E-state index contributed by atoms with van der Waals surface area (Å²) in [4.78, 5) is 37.2. The van der Waals surface area contributed by atoms with Crippen molar-refractivity contribution in [3.63, 3.8) is 0 Å². The van der Waals surface area contributed by atoms with Crippen molar-refractivity contribution < 1.29 is 14.7 Å². The van der Waals surface area contributed by atoms with Crippen LogP contribution in [-0.4, -0.2) is 58.5 Å². The minimum atomic E-state index is -0.997. The van der Waals surface area contributed by atoms with Crippen molar-refractivity contribution in [1.29, 1.82) is 5.26 Å². The van der Waals surface area contributed by atoms with Gasteiger partial charge in [0.05, 0.1) is 28.6 Å². The number of nitrogens with zero attached hydrogens (tertiary/aromatic N) is 5. The summed E-state index contributed by atoms with van der Waals surface area (Å²) in [6.45, 7) is 4.26. The molecule has 0 aliphatic carbocycles. The fourth-order valence-corrected chi connectivity index (χ4v) is 4.74. The molecule has 2 atom stereocenters. The number of aromatic carboxylic acids is 1. The minimum Gasteiger partial charge on any atom is -0.478 e. The summed E-state index contributed by atoms with van der Waals surface area (Å²) < 4.78 is 0. The number of anilines is 2. The van der Waals surface area contributed by atoms with Gasteiger partial charge in [-0.2, -0.15) is 5.26 Å². The monoisotopic (exact) mass is 498 g/mol. The number of nitrogens with one attached hydrogen (secondary N) is 1. The second-order valence-corrected chi connectivity index (χ2v) is 9.54. The number of amides is 1. The van der Waals surface area contributed by atoms with E-state index in [1.54, 1.807) is 36.1 Å². The molecule has 1 amide bonds. The number of carboxylic acids is 1. The van der Waals surface area contributed by atoms with Gasteiger partial charge in [0, 0.05) is 43.4 Å². The molecule has 1 aromatic carbocycles.